The van der Waals surface area contributed by atoms with Crippen molar-refractivity contribution in [2.75, 3.05) is 55.1 Å². The smallest absolute Gasteiger partial charge is 0.234 e. The molecule has 1 aromatic carbocycles. The minimum absolute atomic E-state index is 0.0743. The van der Waals surface area contributed by atoms with Gasteiger partial charge in [0.2, 0.25) is 11.9 Å². The maximum atomic E-state index is 12.6. The van der Waals surface area contributed by atoms with Crippen molar-refractivity contribution in [3.8, 4) is 0 Å². The van der Waals surface area contributed by atoms with E-state index in [9.17, 15) is 13.2 Å². The summed E-state index contributed by atoms with van der Waals surface area (Å²) in [6, 6.07) is 6.37. The van der Waals surface area contributed by atoms with E-state index >= 15 is 0 Å². The second-order valence-electron chi connectivity index (χ2n) is 7.73. The number of nitrogens with one attached hydrogen (secondary N) is 1. The zero-order chi connectivity index (χ0) is 22.6. The number of para-hydroxylation sites is 1. The summed E-state index contributed by atoms with van der Waals surface area (Å²) >= 11 is 1.27. The maximum absolute atomic E-state index is 12.6. The first kappa shape index (κ1) is 23.0. The van der Waals surface area contributed by atoms with Gasteiger partial charge in [-0.1, -0.05) is 23.9 Å². The van der Waals surface area contributed by atoms with Crippen molar-refractivity contribution in [3.63, 3.8) is 0 Å². The van der Waals surface area contributed by atoms with Crippen molar-refractivity contribution in [3.05, 3.63) is 24.3 Å². The average Bonchev–Trinajstić information content (AvgIpc) is 3.43. The van der Waals surface area contributed by atoms with Crippen LogP contribution in [0.25, 0.3) is 0 Å². The van der Waals surface area contributed by atoms with Crippen LogP contribution < -0.4 is 10.2 Å². The van der Waals surface area contributed by atoms with Crippen LogP contribution in [-0.4, -0.2) is 80.1 Å². The zero-order valence-corrected chi connectivity index (χ0v) is 19.5. The van der Waals surface area contributed by atoms with Gasteiger partial charge in [0, 0.05) is 26.0 Å². The molecule has 2 aliphatic rings. The lowest BCUT2D eigenvalue weighted by molar-refractivity contribution is -0.113. The second kappa shape index (κ2) is 10.2. The van der Waals surface area contributed by atoms with Crippen LogP contribution in [0.3, 0.4) is 0 Å². The number of carbonyl (C=O) groups excluding carboxylic acids is 1. The van der Waals surface area contributed by atoms with Gasteiger partial charge in [-0.25, -0.2) is 8.42 Å². The topological polar surface area (TPSA) is 116 Å². The van der Waals surface area contributed by atoms with Crippen LogP contribution in [0.5, 0.6) is 0 Å². The number of amides is 1. The lowest BCUT2D eigenvalue weighted by atomic mass is 10.2. The number of benzene rings is 1. The number of hydrogen-bond acceptors (Lipinski definition) is 9. The minimum atomic E-state index is -3.45. The first-order valence-electron chi connectivity index (χ1n) is 10.5. The third-order valence-corrected chi connectivity index (χ3v) is 7.42. The average molecular weight is 482 g/mol. The highest BCUT2D eigenvalue weighted by Crippen LogP contribution is 2.26. The Morgan fingerprint density at radius 2 is 2.00 bits per heavy atom. The summed E-state index contributed by atoms with van der Waals surface area (Å²) in [5, 5.41) is 12.1. The SMILES string of the molecule is CS(=O)(=O)c1ccccc1NC(=O)CSc1nnc(N2CCOCC2)n1CC1CCCO1. The fourth-order valence-electron chi connectivity index (χ4n) is 3.75. The number of hydrogen-bond donors (Lipinski definition) is 1. The Kier molecular flexibility index (Phi) is 7.33. The zero-order valence-electron chi connectivity index (χ0n) is 17.9. The summed E-state index contributed by atoms with van der Waals surface area (Å²) in [6.45, 7) is 4.12. The van der Waals surface area contributed by atoms with Crippen LogP contribution in [0, 0.1) is 0 Å². The molecule has 1 atom stereocenters. The van der Waals surface area contributed by atoms with E-state index in [0.717, 1.165) is 44.7 Å². The number of aromatic nitrogens is 3. The molecule has 32 heavy (non-hydrogen) atoms. The molecule has 4 rings (SSSR count). The van der Waals surface area contributed by atoms with Crippen LogP contribution >= 0.6 is 11.8 Å². The van der Waals surface area contributed by atoms with Crippen molar-refractivity contribution < 1.29 is 22.7 Å². The monoisotopic (exact) mass is 481 g/mol. The van der Waals surface area contributed by atoms with Crippen molar-refractivity contribution in [2.45, 2.75) is 35.5 Å². The molecule has 0 radical (unpaired) electrons. The van der Waals surface area contributed by atoms with Crippen LogP contribution in [0.1, 0.15) is 12.8 Å². The number of nitrogens with zero attached hydrogens (tertiary/aromatic N) is 4. The number of morpholine rings is 1. The summed E-state index contributed by atoms with van der Waals surface area (Å²) in [5.41, 5.74) is 0.274. The number of sulfone groups is 1. The van der Waals surface area contributed by atoms with E-state index in [4.69, 9.17) is 9.47 Å². The van der Waals surface area contributed by atoms with Crippen LogP contribution in [-0.2, 0) is 30.7 Å². The Bertz CT molecular complexity index is 1050. The molecule has 1 amide bonds. The molecular weight excluding hydrogens is 454 g/mol. The van der Waals surface area contributed by atoms with E-state index in [2.05, 4.69) is 20.4 Å². The van der Waals surface area contributed by atoms with Crippen molar-refractivity contribution in [2.24, 2.45) is 0 Å². The molecule has 1 unspecified atom stereocenters. The fourth-order valence-corrected chi connectivity index (χ4v) is 5.33. The molecule has 10 nitrogen and oxygen atoms in total. The highest BCUT2D eigenvalue weighted by molar-refractivity contribution is 7.99. The number of carbonyl (C=O) groups is 1. The lowest BCUT2D eigenvalue weighted by Gasteiger charge is -2.28. The molecule has 2 saturated heterocycles. The molecule has 1 aromatic heterocycles. The second-order valence-corrected chi connectivity index (χ2v) is 10.7. The predicted octanol–water partition coefficient (Wildman–Crippen LogP) is 1.43. The normalized spacial score (nSPS) is 19.3. The molecule has 0 bridgehead atoms. The summed E-state index contributed by atoms with van der Waals surface area (Å²) in [6.07, 6.45) is 3.23. The van der Waals surface area contributed by atoms with Crippen LogP contribution in [0.2, 0.25) is 0 Å². The van der Waals surface area contributed by atoms with E-state index < -0.39 is 9.84 Å². The van der Waals surface area contributed by atoms with E-state index in [1.807, 2.05) is 4.57 Å². The van der Waals surface area contributed by atoms with E-state index in [0.29, 0.717) is 24.9 Å². The molecule has 2 aliphatic heterocycles. The van der Waals surface area contributed by atoms with Crippen LogP contribution in [0.15, 0.2) is 34.3 Å². The highest BCUT2D eigenvalue weighted by atomic mass is 32.2. The van der Waals surface area contributed by atoms with Gasteiger partial charge in [0.1, 0.15) is 0 Å². The Morgan fingerprint density at radius 3 is 2.72 bits per heavy atom. The van der Waals surface area contributed by atoms with Crippen molar-refractivity contribution >= 4 is 39.1 Å². The molecule has 12 heteroatoms. The van der Waals surface area contributed by atoms with E-state index in [1.54, 1.807) is 18.2 Å². The van der Waals surface area contributed by atoms with Gasteiger partial charge in [-0.2, -0.15) is 0 Å². The first-order valence-corrected chi connectivity index (χ1v) is 13.4. The number of anilines is 2. The van der Waals surface area contributed by atoms with Gasteiger partial charge >= 0.3 is 0 Å². The fraction of sp³-hybridized carbons (Fsp3) is 0.550. The Labute approximate surface area is 191 Å². The molecule has 0 spiro atoms. The molecule has 174 valence electrons. The molecule has 2 fully saturated rings. The molecular formula is C20H27N5O5S2. The number of rotatable bonds is 8. The largest absolute Gasteiger partial charge is 0.378 e. The number of ether oxygens (including phenoxy) is 2. The molecule has 3 heterocycles. The highest BCUT2D eigenvalue weighted by Gasteiger charge is 2.25. The minimum Gasteiger partial charge on any atom is -0.378 e. The lowest BCUT2D eigenvalue weighted by Crippen LogP contribution is -2.38. The summed E-state index contributed by atoms with van der Waals surface area (Å²) in [5.74, 6) is 0.519. The van der Waals surface area contributed by atoms with Gasteiger partial charge in [0.25, 0.3) is 0 Å². The van der Waals surface area contributed by atoms with Crippen molar-refractivity contribution in [1.29, 1.82) is 0 Å². The third-order valence-electron chi connectivity index (χ3n) is 5.29. The van der Waals surface area contributed by atoms with Gasteiger partial charge in [-0.05, 0) is 25.0 Å². The molecule has 2 aromatic rings. The van der Waals surface area contributed by atoms with Gasteiger partial charge in [0.05, 0.1) is 42.2 Å². The first-order chi connectivity index (χ1) is 15.4. The van der Waals surface area contributed by atoms with E-state index in [1.165, 1.54) is 17.8 Å². The quantitative estimate of drug-likeness (QED) is 0.559. The van der Waals surface area contributed by atoms with Crippen LogP contribution in [0.4, 0.5) is 11.6 Å². The Morgan fingerprint density at radius 1 is 1.22 bits per heavy atom. The van der Waals surface area contributed by atoms with Gasteiger partial charge < -0.3 is 19.7 Å². The molecule has 1 N–H and O–H groups in total. The summed E-state index contributed by atoms with van der Waals surface area (Å²) < 4.78 is 37.2. The van der Waals surface area contributed by atoms with Gasteiger partial charge in [-0.15, -0.1) is 10.2 Å². The number of thioether (sulfide) groups is 1. The van der Waals surface area contributed by atoms with Gasteiger partial charge in [-0.3, -0.25) is 9.36 Å². The Balaban J connectivity index is 1.46. The van der Waals surface area contributed by atoms with Crippen molar-refractivity contribution in [1.82, 2.24) is 14.8 Å². The third kappa shape index (κ3) is 5.61. The van der Waals surface area contributed by atoms with E-state index in [-0.39, 0.29) is 28.3 Å². The summed E-state index contributed by atoms with van der Waals surface area (Å²) in [7, 11) is -3.45. The van der Waals surface area contributed by atoms with Gasteiger partial charge in [0.15, 0.2) is 15.0 Å². The standard InChI is InChI=1S/C20H27N5O5S2/c1-32(27,28)17-7-3-2-6-16(17)21-18(26)14-31-20-23-22-19(24-8-11-29-12-9-24)25(20)13-15-5-4-10-30-15/h2-3,6-7,15H,4-5,8-14H2,1H3,(H,21,26). The molecule has 0 aliphatic carbocycles. The predicted molar refractivity (Wildman–Crippen MR) is 121 cm³/mol. The summed E-state index contributed by atoms with van der Waals surface area (Å²) in [4.78, 5) is 14.8. The Hall–Kier alpha value is -2.15. The maximum Gasteiger partial charge on any atom is 0.234 e. The molecule has 0 saturated carbocycles.